The van der Waals surface area contributed by atoms with Crippen LogP contribution in [0.4, 0.5) is 0 Å². The second-order valence-electron chi connectivity index (χ2n) is 8.21. The number of carboxylic acids is 1. The first-order valence-corrected chi connectivity index (χ1v) is 11.5. The molecule has 0 saturated heterocycles. The van der Waals surface area contributed by atoms with E-state index in [4.69, 9.17) is 4.74 Å². The molecule has 1 atom stereocenters. The molecule has 0 aromatic heterocycles. The molecule has 7 heteroatoms. The van der Waals surface area contributed by atoms with Crippen LogP contribution in [0, 0.1) is 0 Å². The van der Waals surface area contributed by atoms with E-state index in [0.717, 1.165) is 19.3 Å². The van der Waals surface area contributed by atoms with Gasteiger partial charge in [0.2, 0.25) is 0 Å². The van der Waals surface area contributed by atoms with Crippen molar-refractivity contribution in [3.8, 4) is 5.75 Å². The summed E-state index contributed by atoms with van der Waals surface area (Å²) in [6.45, 7) is 4.10. The number of fused-ring (bicyclic) bond motifs is 2. The fourth-order valence-corrected chi connectivity index (χ4v) is 4.15. The summed E-state index contributed by atoms with van der Waals surface area (Å²) in [5.74, 6) is -2.27. The SMILES string of the molecule is CCCCCC(O)/C=C/COc1c(CCC)cc(C(=O)[O-])c2c1C(=O)c1ccccc1C2=O.[K+]. The standard InChI is InChI=1S/C27H30O6.K/c1-3-5-6-11-18(28)12-9-15-33-26-17(10-4-2)16-21(27(31)32)22-23(26)25(30)20-14-8-7-13-19(20)24(22)29;/h7-9,12-14,16,18,28H,3-6,10-11,15H2,1-2H3,(H,31,32);/q;+1/p-1/b12-9+;. The summed E-state index contributed by atoms with van der Waals surface area (Å²) in [7, 11) is 0. The number of ether oxygens (including phenoxy) is 1. The molecule has 174 valence electrons. The van der Waals surface area contributed by atoms with Crippen LogP contribution >= 0.6 is 0 Å². The predicted octanol–water partition coefficient (Wildman–Crippen LogP) is 0.658. The molecule has 0 amide bonds. The molecule has 0 saturated carbocycles. The Morgan fingerprint density at radius 3 is 2.29 bits per heavy atom. The quantitative estimate of drug-likeness (QED) is 0.242. The Bertz CT molecular complexity index is 1090. The summed E-state index contributed by atoms with van der Waals surface area (Å²) in [5.41, 5.74) is 0.419. The summed E-state index contributed by atoms with van der Waals surface area (Å²) in [5, 5.41) is 22.0. The minimum Gasteiger partial charge on any atom is -0.545 e. The van der Waals surface area contributed by atoms with Crippen LogP contribution in [0.1, 0.15) is 93.7 Å². The Labute approximate surface area is 242 Å². The molecule has 0 bridgehead atoms. The van der Waals surface area contributed by atoms with E-state index in [1.54, 1.807) is 30.4 Å². The number of aliphatic hydroxyl groups is 1. The Kier molecular flexibility index (Phi) is 11.3. The molecule has 2 aromatic rings. The molecule has 1 N–H and O–H groups in total. The van der Waals surface area contributed by atoms with Gasteiger partial charge in [0.1, 0.15) is 12.4 Å². The Morgan fingerprint density at radius 1 is 1.06 bits per heavy atom. The number of aliphatic hydroxyl groups excluding tert-OH is 1. The fraction of sp³-hybridized carbons (Fsp3) is 0.370. The third-order valence-corrected chi connectivity index (χ3v) is 5.75. The molecule has 1 aliphatic rings. The molecular weight excluding hydrogens is 459 g/mol. The number of aryl methyl sites for hydroxylation is 1. The summed E-state index contributed by atoms with van der Waals surface area (Å²) in [6.07, 6.45) is 7.61. The second kappa shape index (κ2) is 13.5. The molecule has 0 spiro atoms. The molecule has 0 aliphatic heterocycles. The predicted molar refractivity (Wildman–Crippen MR) is 123 cm³/mol. The fourth-order valence-electron chi connectivity index (χ4n) is 4.15. The number of rotatable bonds is 11. The number of carbonyl (C=O) groups is 3. The van der Waals surface area contributed by atoms with Gasteiger partial charge >= 0.3 is 51.4 Å². The van der Waals surface area contributed by atoms with E-state index < -0.39 is 23.6 Å². The van der Waals surface area contributed by atoms with Crippen LogP contribution < -0.4 is 61.2 Å². The van der Waals surface area contributed by atoms with Crippen molar-refractivity contribution in [3.63, 3.8) is 0 Å². The molecule has 1 unspecified atom stereocenters. The van der Waals surface area contributed by atoms with Crippen molar-refractivity contribution in [2.24, 2.45) is 0 Å². The van der Waals surface area contributed by atoms with E-state index in [-0.39, 0.29) is 91.6 Å². The van der Waals surface area contributed by atoms with Crippen molar-refractivity contribution in [1.29, 1.82) is 0 Å². The summed E-state index contributed by atoms with van der Waals surface area (Å²) in [4.78, 5) is 38.5. The van der Waals surface area contributed by atoms with Gasteiger partial charge in [0.05, 0.1) is 17.6 Å². The second-order valence-corrected chi connectivity index (χ2v) is 8.21. The van der Waals surface area contributed by atoms with Gasteiger partial charge in [-0.1, -0.05) is 69.9 Å². The van der Waals surface area contributed by atoms with Crippen LogP contribution in [0.3, 0.4) is 0 Å². The molecule has 0 fully saturated rings. The molecule has 6 nitrogen and oxygen atoms in total. The van der Waals surface area contributed by atoms with Crippen LogP contribution in [0.15, 0.2) is 42.5 Å². The number of hydrogen-bond acceptors (Lipinski definition) is 6. The molecule has 1 aliphatic carbocycles. The van der Waals surface area contributed by atoms with Gasteiger partial charge in [0.25, 0.3) is 0 Å². The smallest absolute Gasteiger partial charge is 0.545 e. The molecule has 3 rings (SSSR count). The van der Waals surface area contributed by atoms with Crippen molar-refractivity contribution in [2.75, 3.05) is 6.61 Å². The summed E-state index contributed by atoms with van der Waals surface area (Å²) < 4.78 is 5.95. The van der Waals surface area contributed by atoms with Gasteiger partial charge < -0.3 is 19.7 Å². The van der Waals surface area contributed by atoms with Crippen LogP contribution in [0.5, 0.6) is 5.75 Å². The average Bonchev–Trinajstić information content (AvgIpc) is 2.80. The first kappa shape index (κ1) is 28.6. The maximum atomic E-state index is 13.4. The van der Waals surface area contributed by atoms with Crippen LogP contribution in [-0.4, -0.2) is 35.4 Å². The van der Waals surface area contributed by atoms with E-state index in [0.29, 0.717) is 24.8 Å². The Hall–Kier alpha value is -1.61. The third-order valence-electron chi connectivity index (χ3n) is 5.75. The minimum absolute atomic E-state index is 0. The van der Waals surface area contributed by atoms with E-state index in [1.165, 1.54) is 12.1 Å². The zero-order valence-corrected chi connectivity index (χ0v) is 23.2. The van der Waals surface area contributed by atoms with E-state index in [2.05, 4.69) is 6.92 Å². The van der Waals surface area contributed by atoms with Gasteiger partial charge in [-0.15, -0.1) is 0 Å². The van der Waals surface area contributed by atoms with Gasteiger partial charge in [0, 0.05) is 22.3 Å². The maximum Gasteiger partial charge on any atom is 1.00 e. The van der Waals surface area contributed by atoms with E-state index in [1.807, 2.05) is 6.92 Å². The van der Waals surface area contributed by atoms with Gasteiger partial charge in [-0.05, 0) is 30.5 Å². The van der Waals surface area contributed by atoms with Crippen LogP contribution in [-0.2, 0) is 6.42 Å². The van der Waals surface area contributed by atoms with Crippen molar-refractivity contribution in [2.45, 2.75) is 58.5 Å². The van der Waals surface area contributed by atoms with Gasteiger partial charge in [-0.3, -0.25) is 9.59 Å². The molecule has 34 heavy (non-hydrogen) atoms. The normalized spacial score (nSPS) is 13.3. The van der Waals surface area contributed by atoms with E-state index in [9.17, 15) is 24.6 Å². The number of ketones is 2. The van der Waals surface area contributed by atoms with Crippen LogP contribution in [0.25, 0.3) is 0 Å². The molecule has 2 aromatic carbocycles. The number of hydrogen-bond donors (Lipinski definition) is 1. The monoisotopic (exact) mass is 488 g/mol. The Balaban J connectivity index is 0.00000408. The average molecular weight is 489 g/mol. The number of carboxylic acid groups (broad SMARTS) is 1. The first-order valence-electron chi connectivity index (χ1n) is 11.5. The van der Waals surface area contributed by atoms with Gasteiger partial charge in [-0.25, -0.2) is 0 Å². The first-order chi connectivity index (χ1) is 15.9. The van der Waals surface area contributed by atoms with Crippen molar-refractivity contribution in [1.82, 2.24) is 0 Å². The number of unbranched alkanes of at least 4 members (excludes halogenated alkanes) is 2. The maximum absolute atomic E-state index is 13.4. The molecule has 0 radical (unpaired) electrons. The zero-order valence-electron chi connectivity index (χ0n) is 20.1. The number of aromatic carboxylic acids is 1. The van der Waals surface area contributed by atoms with Crippen molar-refractivity contribution in [3.05, 3.63) is 75.9 Å². The largest absolute Gasteiger partial charge is 1.00 e. The van der Waals surface area contributed by atoms with Gasteiger partial charge in [-0.2, -0.15) is 0 Å². The molecular formula is C27H29KO6. The summed E-state index contributed by atoms with van der Waals surface area (Å²) >= 11 is 0. The van der Waals surface area contributed by atoms with Gasteiger partial charge in [0.15, 0.2) is 11.6 Å². The Morgan fingerprint density at radius 2 is 1.71 bits per heavy atom. The number of benzene rings is 2. The molecule has 0 heterocycles. The minimum atomic E-state index is -1.51. The van der Waals surface area contributed by atoms with E-state index >= 15 is 0 Å². The summed E-state index contributed by atoms with van der Waals surface area (Å²) in [6, 6.07) is 7.75. The topological polar surface area (TPSA) is 104 Å². The third kappa shape index (κ3) is 6.33. The zero-order chi connectivity index (χ0) is 24.0. The van der Waals surface area contributed by atoms with Crippen molar-refractivity contribution >= 4 is 17.5 Å². The van der Waals surface area contributed by atoms with Crippen molar-refractivity contribution < 1.29 is 80.7 Å². The van der Waals surface area contributed by atoms with Crippen LogP contribution in [0.2, 0.25) is 0 Å². The number of carbonyl (C=O) groups excluding carboxylic acids is 3.